The van der Waals surface area contributed by atoms with E-state index in [1.807, 2.05) is 25.6 Å². The Morgan fingerprint density at radius 2 is 2.06 bits per heavy atom. The van der Waals surface area contributed by atoms with E-state index < -0.39 is 0 Å². The Morgan fingerprint density at radius 3 is 2.69 bits per heavy atom. The van der Waals surface area contributed by atoms with Crippen LogP contribution in [0.15, 0.2) is 6.33 Å². The van der Waals surface area contributed by atoms with Gasteiger partial charge in [0.1, 0.15) is 6.33 Å². The Morgan fingerprint density at radius 1 is 1.25 bits per heavy atom. The van der Waals surface area contributed by atoms with E-state index in [9.17, 15) is 0 Å². The molecule has 0 saturated heterocycles. The number of hydrogen-bond acceptors (Lipinski definition) is 5. The lowest BCUT2D eigenvalue weighted by Crippen LogP contribution is -1.92. The molecule has 0 aromatic carbocycles. The summed E-state index contributed by atoms with van der Waals surface area (Å²) in [4.78, 5) is 0.803. The molecule has 3 heterocycles. The molecule has 0 bridgehead atoms. The first-order valence-corrected chi connectivity index (χ1v) is 5.66. The van der Waals surface area contributed by atoms with Gasteiger partial charge >= 0.3 is 0 Å². The minimum Gasteiger partial charge on any atom is -0.272 e. The fourth-order valence-electron chi connectivity index (χ4n) is 1.74. The number of aryl methyl sites for hydroxylation is 2. The minimum absolute atomic E-state index is 0.803. The normalized spacial score (nSPS) is 11.4. The second-order valence-electron chi connectivity index (χ2n) is 3.63. The van der Waals surface area contributed by atoms with Gasteiger partial charge in [-0.1, -0.05) is 11.3 Å². The molecule has 0 atom stereocenters. The maximum atomic E-state index is 4.43. The molecular formula is C9H10N6S. The lowest BCUT2D eigenvalue weighted by Gasteiger charge is -1.95. The van der Waals surface area contributed by atoms with Gasteiger partial charge in [-0.05, 0) is 13.8 Å². The molecule has 0 saturated carbocycles. The van der Waals surface area contributed by atoms with Gasteiger partial charge in [0.05, 0.1) is 11.3 Å². The third-order valence-electron chi connectivity index (χ3n) is 2.61. The summed E-state index contributed by atoms with van der Waals surface area (Å²) in [5.41, 5.74) is 3.20. The highest BCUT2D eigenvalue weighted by molar-refractivity contribution is 7.19. The van der Waals surface area contributed by atoms with Crippen molar-refractivity contribution in [1.82, 2.24) is 29.6 Å². The van der Waals surface area contributed by atoms with E-state index in [0.29, 0.717) is 0 Å². The van der Waals surface area contributed by atoms with E-state index in [1.54, 1.807) is 10.8 Å². The van der Waals surface area contributed by atoms with Crippen LogP contribution in [-0.2, 0) is 7.05 Å². The van der Waals surface area contributed by atoms with E-state index in [-0.39, 0.29) is 0 Å². The van der Waals surface area contributed by atoms with Crippen molar-refractivity contribution < 1.29 is 0 Å². The summed E-state index contributed by atoms with van der Waals surface area (Å²) >= 11 is 1.52. The highest BCUT2D eigenvalue weighted by Crippen LogP contribution is 2.29. The van der Waals surface area contributed by atoms with Gasteiger partial charge in [0, 0.05) is 12.7 Å². The van der Waals surface area contributed by atoms with Crippen LogP contribution in [0.5, 0.6) is 0 Å². The molecular weight excluding hydrogens is 224 g/mol. The summed E-state index contributed by atoms with van der Waals surface area (Å²) in [6.45, 7) is 4.03. The summed E-state index contributed by atoms with van der Waals surface area (Å²) in [5, 5.41) is 17.5. The molecule has 82 valence electrons. The lowest BCUT2D eigenvalue weighted by molar-refractivity contribution is 0.731. The Hall–Kier alpha value is -1.76. The van der Waals surface area contributed by atoms with Gasteiger partial charge in [-0.25, -0.2) is 0 Å². The van der Waals surface area contributed by atoms with Crippen molar-refractivity contribution in [1.29, 1.82) is 0 Å². The van der Waals surface area contributed by atoms with Crippen LogP contribution < -0.4 is 0 Å². The first-order valence-electron chi connectivity index (χ1n) is 4.84. The second kappa shape index (κ2) is 3.11. The standard InChI is InChI=1S/C9H10N6S/c1-5-7(6(2)14(3)12-5)8-13-15-4-10-11-9(15)16-8/h4H,1-3H3. The van der Waals surface area contributed by atoms with E-state index in [1.165, 1.54) is 11.3 Å². The first kappa shape index (κ1) is 9.46. The third-order valence-corrected chi connectivity index (χ3v) is 3.54. The SMILES string of the molecule is Cc1nn(C)c(C)c1-c1nn2cnnc2s1. The van der Waals surface area contributed by atoms with Gasteiger partial charge < -0.3 is 0 Å². The van der Waals surface area contributed by atoms with Gasteiger partial charge in [0.25, 0.3) is 0 Å². The molecule has 0 radical (unpaired) electrons. The van der Waals surface area contributed by atoms with Crippen molar-refractivity contribution in [3.8, 4) is 10.6 Å². The smallest absolute Gasteiger partial charge is 0.234 e. The van der Waals surface area contributed by atoms with E-state index in [0.717, 1.165) is 26.9 Å². The van der Waals surface area contributed by atoms with Gasteiger partial charge in [-0.2, -0.15) is 14.7 Å². The maximum Gasteiger partial charge on any atom is 0.234 e. The molecule has 7 heteroatoms. The zero-order valence-corrected chi connectivity index (χ0v) is 9.99. The minimum atomic E-state index is 0.803. The average molecular weight is 234 g/mol. The largest absolute Gasteiger partial charge is 0.272 e. The van der Waals surface area contributed by atoms with E-state index in [4.69, 9.17) is 0 Å². The van der Waals surface area contributed by atoms with Crippen LogP contribution >= 0.6 is 11.3 Å². The fourth-order valence-corrected chi connectivity index (χ4v) is 2.71. The Bertz CT molecular complexity index is 632. The topological polar surface area (TPSA) is 60.9 Å². The zero-order chi connectivity index (χ0) is 11.3. The molecule has 3 aromatic rings. The molecule has 16 heavy (non-hydrogen) atoms. The van der Waals surface area contributed by atoms with Gasteiger partial charge in [0.15, 0.2) is 5.01 Å². The van der Waals surface area contributed by atoms with Crippen molar-refractivity contribution in [3.63, 3.8) is 0 Å². The van der Waals surface area contributed by atoms with E-state index >= 15 is 0 Å². The number of hydrogen-bond donors (Lipinski definition) is 0. The number of nitrogens with zero attached hydrogens (tertiary/aromatic N) is 6. The van der Waals surface area contributed by atoms with Crippen LogP contribution in [-0.4, -0.2) is 29.6 Å². The lowest BCUT2D eigenvalue weighted by atomic mass is 10.2. The quantitative estimate of drug-likeness (QED) is 0.635. The van der Waals surface area contributed by atoms with Crippen LogP contribution in [0.1, 0.15) is 11.4 Å². The monoisotopic (exact) mass is 234 g/mol. The molecule has 0 fully saturated rings. The van der Waals surface area contributed by atoms with Gasteiger partial charge in [-0.15, -0.1) is 10.2 Å². The maximum absolute atomic E-state index is 4.43. The molecule has 3 aromatic heterocycles. The number of fused-ring (bicyclic) bond motifs is 1. The molecule has 0 aliphatic carbocycles. The molecule has 0 amide bonds. The van der Waals surface area contributed by atoms with E-state index in [2.05, 4.69) is 20.4 Å². The highest BCUT2D eigenvalue weighted by atomic mass is 32.1. The van der Waals surface area contributed by atoms with Crippen LogP contribution in [0.25, 0.3) is 15.5 Å². The van der Waals surface area contributed by atoms with Crippen LogP contribution in [0.2, 0.25) is 0 Å². The predicted molar refractivity (Wildman–Crippen MR) is 60.3 cm³/mol. The first-order chi connectivity index (χ1) is 7.66. The molecule has 6 nitrogen and oxygen atoms in total. The highest BCUT2D eigenvalue weighted by Gasteiger charge is 2.16. The van der Waals surface area contributed by atoms with Crippen molar-refractivity contribution in [2.24, 2.45) is 7.05 Å². The number of rotatable bonds is 1. The molecule has 0 aliphatic heterocycles. The molecule has 0 N–H and O–H groups in total. The zero-order valence-electron chi connectivity index (χ0n) is 9.17. The van der Waals surface area contributed by atoms with Gasteiger partial charge in [0.2, 0.25) is 4.96 Å². The number of aromatic nitrogens is 6. The summed E-state index contributed by atoms with van der Waals surface area (Å²) in [6.07, 6.45) is 1.61. The van der Waals surface area contributed by atoms with Crippen LogP contribution in [0.4, 0.5) is 0 Å². The summed E-state index contributed by atoms with van der Waals surface area (Å²) in [6, 6.07) is 0. The third kappa shape index (κ3) is 1.18. The molecule has 0 aliphatic rings. The average Bonchev–Trinajstić information content (AvgIpc) is 2.82. The molecule has 0 unspecified atom stereocenters. The molecule has 0 spiro atoms. The fraction of sp³-hybridized carbons (Fsp3) is 0.333. The Kier molecular flexibility index (Phi) is 1.84. The van der Waals surface area contributed by atoms with Gasteiger partial charge in [-0.3, -0.25) is 4.68 Å². The van der Waals surface area contributed by atoms with Crippen LogP contribution in [0.3, 0.4) is 0 Å². The predicted octanol–water partition coefficient (Wildman–Crippen LogP) is 1.20. The van der Waals surface area contributed by atoms with Crippen molar-refractivity contribution >= 4 is 16.3 Å². The summed E-state index contributed by atoms with van der Waals surface area (Å²) in [7, 11) is 1.94. The summed E-state index contributed by atoms with van der Waals surface area (Å²) < 4.78 is 3.55. The molecule has 3 rings (SSSR count). The second-order valence-corrected chi connectivity index (χ2v) is 4.59. The van der Waals surface area contributed by atoms with Crippen molar-refractivity contribution in [3.05, 3.63) is 17.7 Å². The van der Waals surface area contributed by atoms with Crippen molar-refractivity contribution in [2.45, 2.75) is 13.8 Å². The summed E-state index contributed by atoms with van der Waals surface area (Å²) in [5.74, 6) is 0. The van der Waals surface area contributed by atoms with Crippen LogP contribution in [0, 0.1) is 13.8 Å². The van der Waals surface area contributed by atoms with Crippen molar-refractivity contribution in [2.75, 3.05) is 0 Å². The Labute approximate surface area is 95.5 Å². The Balaban J connectivity index is 2.26.